The van der Waals surface area contributed by atoms with E-state index >= 15 is 0 Å². The van der Waals surface area contributed by atoms with Crippen LogP contribution in [0.4, 0.5) is 4.79 Å². The van der Waals surface area contributed by atoms with E-state index in [4.69, 9.17) is 14.2 Å². The Bertz CT molecular complexity index is 1960. The van der Waals surface area contributed by atoms with Gasteiger partial charge in [0.1, 0.15) is 12.6 Å². The van der Waals surface area contributed by atoms with Crippen molar-refractivity contribution in [2.75, 3.05) is 13.1 Å². The molecule has 0 radical (unpaired) electrons. The van der Waals surface area contributed by atoms with Gasteiger partial charge in [0, 0.05) is 30.6 Å². The number of ether oxygens (including phenoxy) is 3. The molecule has 292 valence electrons. The minimum absolute atomic E-state index is 0.0164. The van der Waals surface area contributed by atoms with Crippen LogP contribution in [-0.4, -0.2) is 64.1 Å². The highest BCUT2D eigenvalue weighted by atomic mass is 16.7. The summed E-state index contributed by atoms with van der Waals surface area (Å²) in [4.78, 5) is 42.7. The molecule has 2 heterocycles. The maximum atomic E-state index is 13.4. The molecule has 5 atom stereocenters. The van der Waals surface area contributed by atoms with Gasteiger partial charge < -0.3 is 24.6 Å². The number of likely N-dealkylation sites (tertiary alicyclic amines) is 1. The normalized spacial score (nSPS) is 22.8. The van der Waals surface area contributed by atoms with Crippen LogP contribution < -0.4 is 5.32 Å². The molecule has 4 aromatic carbocycles. The number of benzene rings is 4. The SMILES string of the molecule is C=CCN(C[C@@H]1O[C@H](c2ccc(-c3ccccc3CN3C(=O)CC(NC(=O)OCc4ccccc4)C3=O)cc2)O[C@H](c2ccc(CO)cc2)[C@@H]1C)C1CCCC1. The lowest BCUT2D eigenvalue weighted by Gasteiger charge is -2.43. The largest absolute Gasteiger partial charge is 0.445 e. The van der Waals surface area contributed by atoms with E-state index in [1.54, 1.807) is 0 Å². The van der Waals surface area contributed by atoms with Crippen LogP contribution in [0.5, 0.6) is 0 Å². The zero-order chi connectivity index (χ0) is 39.0. The van der Waals surface area contributed by atoms with Gasteiger partial charge in [0.05, 0.1) is 31.8 Å². The van der Waals surface area contributed by atoms with Crippen LogP contribution in [0.2, 0.25) is 0 Å². The van der Waals surface area contributed by atoms with E-state index in [9.17, 15) is 19.5 Å². The topological polar surface area (TPSA) is 118 Å². The van der Waals surface area contributed by atoms with E-state index in [2.05, 4.69) is 23.7 Å². The van der Waals surface area contributed by atoms with Gasteiger partial charge in [0.25, 0.3) is 5.91 Å². The average Bonchev–Trinajstić information content (AvgIpc) is 3.86. The molecule has 10 heteroatoms. The first-order valence-electron chi connectivity index (χ1n) is 19.7. The summed E-state index contributed by atoms with van der Waals surface area (Å²) >= 11 is 0. The fourth-order valence-corrected chi connectivity index (χ4v) is 8.17. The van der Waals surface area contributed by atoms with Crippen LogP contribution in [0.25, 0.3) is 11.1 Å². The van der Waals surface area contributed by atoms with Crippen molar-refractivity contribution < 1.29 is 33.7 Å². The summed E-state index contributed by atoms with van der Waals surface area (Å²) < 4.78 is 18.9. The summed E-state index contributed by atoms with van der Waals surface area (Å²) in [7, 11) is 0. The summed E-state index contributed by atoms with van der Waals surface area (Å²) in [5.41, 5.74) is 6.20. The van der Waals surface area contributed by atoms with Gasteiger partial charge in [-0.25, -0.2) is 4.79 Å². The molecule has 0 bridgehead atoms. The summed E-state index contributed by atoms with van der Waals surface area (Å²) in [5, 5.41) is 12.2. The molecule has 2 saturated heterocycles. The monoisotopic (exact) mass is 757 g/mol. The number of aliphatic hydroxyl groups excluding tert-OH is 1. The number of carbonyl (C=O) groups is 3. The number of aliphatic hydroxyl groups is 1. The standard InChI is InChI=1S/C46H51N3O7/c1-3-25-48(38-14-8-9-15-38)28-41-31(2)43(35-19-17-32(29-50)18-20-35)56-45(55-41)36-23-21-34(22-24-36)39-16-10-7-13-37(39)27-49-42(51)26-40(44(49)52)47-46(53)54-30-33-11-5-4-6-12-33/h3-7,10-13,16-24,31,38,40-41,43,45,50H,1,8-9,14-15,25-30H2,2H3,(H,47,53)/t31-,40?,41+,43+,45+/m1/s1. The van der Waals surface area contributed by atoms with Crippen LogP contribution in [0.15, 0.2) is 116 Å². The van der Waals surface area contributed by atoms with Gasteiger partial charge >= 0.3 is 6.09 Å². The van der Waals surface area contributed by atoms with Gasteiger partial charge in [-0.15, -0.1) is 6.58 Å². The quantitative estimate of drug-likeness (QED) is 0.0997. The number of alkyl carbamates (subject to hydrolysis) is 1. The Morgan fingerprint density at radius 3 is 2.32 bits per heavy atom. The molecule has 3 fully saturated rings. The molecule has 3 aliphatic rings. The van der Waals surface area contributed by atoms with Crippen molar-refractivity contribution >= 4 is 17.9 Å². The number of amides is 3. The molecular weight excluding hydrogens is 707 g/mol. The second-order valence-corrected chi connectivity index (χ2v) is 15.1. The highest BCUT2D eigenvalue weighted by Crippen LogP contribution is 2.43. The third-order valence-electron chi connectivity index (χ3n) is 11.3. The molecule has 2 aliphatic heterocycles. The highest BCUT2D eigenvalue weighted by molar-refractivity contribution is 6.06. The number of imide groups is 1. The zero-order valence-corrected chi connectivity index (χ0v) is 31.9. The zero-order valence-electron chi connectivity index (χ0n) is 31.9. The molecule has 1 aliphatic carbocycles. The number of hydrogen-bond donors (Lipinski definition) is 2. The van der Waals surface area contributed by atoms with Crippen LogP contribution in [0.1, 0.15) is 79.2 Å². The van der Waals surface area contributed by atoms with Crippen molar-refractivity contribution in [2.45, 2.75) is 89.4 Å². The van der Waals surface area contributed by atoms with E-state index in [1.807, 2.05) is 109 Å². The Labute approximate surface area is 329 Å². The van der Waals surface area contributed by atoms with E-state index in [0.29, 0.717) is 6.04 Å². The smallest absolute Gasteiger partial charge is 0.408 e. The number of carbonyl (C=O) groups excluding carboxylic acids is 3. The van der Waals surface area contributed by atoms with Gasteiger partial charge in [-0.05, 0) is 46.2 Å². The molecule has 1 saturated carbocycles. The molecule has 7 rings (SSSR count). The van der Waals surface area contributed by atoms with E-state index < -0.39 is 24.3 Å². The maximum Gasteiger partial charge on any atom is 0.408 e. The molecule has 1 unspecified atom stereocenters. The van der Waals surface area contributed by atoms with Crippen molar-refractivity contribution in [3.63, 3.8) is 0 Å². The van der Waals surface area contributed by atoms with E-state index in [0.717, 1.165) is 52.0 Å². The molecular formula is C46H51N3O7. The molecule has 0 aromatic heterocycles. The molecule has 0 spiro atoms. The first-order valence-corrected chi connectivity index (χ1v) is 19.7. The summed E-state index contributed by atoms with van der Waals surface area (Å²) in [6.45, 7) is 7.93. The Hall–Kier alpha value is -5.13. The average molecular weight is 758 g/mol. The van der Waals surface area contributed by atoms with Gasteiger partial charge in [0.15, 0.2) is 6.29 Å². The van der Waals surface area contributed by atoms with E-state index in [1.165, 1.54) is 30.6 Å². The lowest BCUT2D eigenvalue weighted by atomic mass is 9.89. The number of rotatable bonds is 14. The lowest BCUT2D eigenvalue weighted by Crippen LogP contribution is -2.47. The first kappa shape index (κ1) is 39.1. The van der Waals surface area contributed by atoms with Crippen molar-refractivity contribution in [3.8, 4) is 11.1 Å². The molecule has 10 nitrogen and oxygen atoms in total. The summed E-state index contributed by atoms with van der Waals surface area (Å²) in [5.74, 6) is -0.756. The number of nitrogens with one attached hydrogen (secondary N) is 1. The molecule has 2 N–H and O–H groups in total. The maximum absolute atomic E-state index is 13.4. The van der Waals surface area contributed by atoms with Crippen molar-refractivity contribution in [3.05, 3.63) is 144 Å². The van der Waals surface area contributed by atoms with Crippen molar-refractivity contribution in [2.24, 2.45) is 5.92 Å². The second-order valence-electron chi connectivity index (χ2n) is 15.1. The second kappa shape index (κ2) is 18.2. The minimum atomic E-state index is -0.988. The van der Waals surface area contributed by atoms with Crippen LogP contribution in [0, 0.1) is 5.92 Å². The Kier molecular flexibility index (Phi) is 12.7. The third kappa shape index (κ3) is 9.11. The molecule has 56 heavy (non-hydrogen) atoms. The van der Waals surface area contributed by atoms with Crippen LogP contribution in [-0.2, 0) is 43.6 Å². The Morgan fingerprint density at radius 1 is 0.911 bits per heavy atom. The summed E-state index contributed by atoms with van der Waals surface area (Å²) in [6, 6.07) is 32.5. The molecule has 4 aromatic rings. The third-order valence-corrected chi connectivity index (χ3v) is 11.3. The Balaban J connectivity index is 1.06. The Morgan fingerprint density at radius 2 is 1.61 bits per heavy atom. The first-order chi connectivity index (χ1) is 27.3. The fraction of sp³-hybridized carbons (Fsp3) is 0.370. The minimum Gasteiger partial charge on any atom is -0.445 e. The van der Waals surface area contributed by atoms with Crippen LogP contribution in [0.3, 0.4) is 0 Å². The van der Waals surface area contributed by atoms with Gasteiger partial charge in [-0.2, -0.15) is 0 Å². The van der Waals surface area contributed by atoms with Gasteiger partial charge in [0.2, 0.25) is 5.91 Å². The van der Waals surface area contributed by atoms with Gasteiger partial charge in [-0.1, -0.05) is 129 Å². The summed E-state index contributed by atoms with van der Waals surface area (Å²) in [6.07, 6.45) is 5.03. The van der Waals surface area contributed by atoms with Gasteiger partial charge in [-0.3, -0.25) is 19.4 Å². The molecule has 3 amide bonds. The highest BCUT2D eigenvalue weighted by Gasteiger charge is 2.41. The predicted octanol–water partition coefficient (Wildman–Crippen LogP) is 7.62. The lowest BCUT2D eigenvalue weighted by molar-refractivity contribution is -0.276. The van der Waals surface area contributed by atoms with Crippen molar-refractivity contribution in [1.82, 2.24) is 15.1 Å². The predicted molar refractivity (Wildman–Crippen MR) is 213 cm³/mol. The fourth-order valence-electron chi connectivity index (χ4n) is 8.17. The number of hydrogen-bond acceptors (Lipinski definition) is 8. The van der Waals surface area contributed by atoms with Crippen LogP contribution >= 0.6 is 0 Å². The van der Waals surface area contributed by atoms with Crippen molar-refractivity contribution in [1.29, 1.82) is 0 Å². The van der Waals surface area contributed by atoms with E-state index in [-0.39, 0.29) is 50.2 Å². The number of nitrogens with zero attached hydrogens (tertiary/aromatic N) is 2.